The van der Waals surface area contributed by atoms with E-state index in [-0.39, 0.29) is 0 Å². The van der Waals surface area contributed by atoms with Gasteiger partial charge in [-0.3, -0.25) is 5.10 Å². The zero-order valence-electron chi connectivity index (χ0n) is 15.2. The number of hydrogen-bond donors (Lipinski definition) is 1. The summed E-state index contributed by atoms with van der Waals surface area (Å²) in [6, 6.07) is 8.25. The highest BCUT2D eigenvalue weighted by atomic mass is 79.9. The van der Waals surface area contributed by atoms with Gasteiger partial charge in [-0.1, -0.05) is 28.1 Å². The van der Waals surface area contributed by atoms with Crippen molar-refractivity contribution >= 4 is 38.4 Å². The molecule has 0 atom stereocenters. The Hall–Kier alpha value is -1.63. The normalized spacial score (nSPS) is 16.1. The fourth-order valence-corrected chi connectivity index (χ4v) is 4.42. The van der Waals surface area contributed by atoms with Crippen LogP contribution in [-0.4, -0.2) is 52.7 Å². The van der Waals surface area contributed by atoms with Crippen LogP contribution in [0.5, 0.6) is 5.88 Å². The summed E-state index contributed by atoms with van der Waals surface area (Å²) in [6.07, 6.45) is 3.98. The van der Waals surface area contributed by atoms with Crippen molar-refractivity contribution in [3.05, 3.63) is 40.6 Å². The lowest BCUT2D eigenvalue weighted by Gasteiger charge is -2.31. The molecule has 1 saturated heterocycles. The van der Waals surface area contributed by atoms with Crippen molar-refractivity contribution in [3.63, 3.8) is 0 Å². The first-order valence-corrected chi connectivity index (χ1v) is 10.5. The van der Waals surface area contributed by atoms with E-state index in [0.29, 0.717) is 17.7 Å². The number of H-pyrrole nitrogens is 1. The summed E-state index contributed by atoms with van der Waals surface area (Å²) in [5.41, 5.74) is 4.16. The molecule has 3 heterocycles. The molecule has 0 amide bonds. The van der Waals surface area contributed by atoms with E-state index in [0.717, 1.165) is 59.0 Å². The first-order valence-electron chi connectivity index (χ1n) is 9.16. The van der Waals surface area contributed by atoms with E-state index < -0.39 is 0 Å². The molecule has 1 aromatic carbocycles. The average molecular weight is 450 g/mol. The van der Waals surface area contributed by atoms with E-state index in [4.69, 9.17) is 16.3 Å². The van der Waals surface area contributed by atoms with Crippen molar-refractivity contribution in [1.82, 2.24) is 20.1 Å². The van der Waals surface area contributed by atoms with E-state index in [1.165, 1.54) is 5.69 Å². The highest BCUT2D eigenvalue weighted by Gasteiger charge is 2.26. The molecule has 1 fully saturated rings. The second-order valence-electron chi connectivity index (χ2n) is 6.85. The molecule has 2 aromatic heterocycles. The number of halogens is 2. The maximum atomic E-state index is 5.90. The lowest BCUT2D eigenvalue weighted by atomic mass is 9.89. The van der Waals surface area contributed by atoms with Crippen molar-refractivity contribution in [2.24, 2.45) is 0 Å². The molecule has 0 unspecified atom stereocenters. The van der Waals surface area contributed by atoms with Crippen molar-refractivity contribution in [2.75, 3.05) is 32.6 Å². The molecule has 7 heteroatoms. The number of piperidine rings is 1. The first kappa shape index (κ1) is 18.7. The Morgan fingerprint density at radius 2 is 2.00 bits per heavy atom. The van der Waals surface area contributed by atoms with Gasteiger partial charge in [-0.25, -0.2) is 4.98 Å². The van der Waals surface area contributed by atoms with E-state index >= 15 is 0 Å². The average Bonchev–Trinajstić information content (AvgIpc) is 3.13. The van der Waals surface area contributed by atoms with Crippen LogP contribution >= 0.6 is 27.5 Å². The van der Waals surface area contributed by atoms with Gasteiger partial charge in [0.1, 0.15) is 5.52 Å². The van der Waals surface area contributed by atoms with Crippen LogP contribution in [0.2, 0.25) is 0 Å². The Labute approximate surface area is 172 Å². The number of likely N-dealkylation sites (tertiary alicyclic amines) is 1. The molecule has 3 aromatic rings. The quantitative estimate of drug-likeness (QED) is 0.568. The van der Waals surface area contributed by atoms with Crippen LogP contribution in [0.4, 0.5) is 0 Å². The van der Waals surface area contributed by atoms with Crippen molar-refractivity contribution in [3.8, 4) is 17.0 Å². The Morgan fingerprint density at radius 1 is 1.26 bits per heavy atom. The Balaban J connectivity index is 1.78. The minimum atomic E-state index is 0.447. The van der Waals surface area contributed by atoms with Gasteiger partial charge in [0.2, 0.25) is 5.88 Å². The number of rotatable bonds is 5. The molecular weight excluding hydrogens is 428 g/mol. The van der Waals surface area contributed by atoms with Crippen LogP contribution in [0.3, 0.4) is 0 Å². The second-order valence-corrected chi connectivity index (χ2v) is 8.15. The summed E-state index contributed by atoms with van der Waals surface area (Å²) < 4.78 is 6.66. The highest BCUT2D eigenvalue weighted by molar-refractivity contribution is 9.10. The van der Waals surface area contributed by atoms with E-state index in [1.54, 1.807) is 13.3 Å². The van der Waals surface area contributed by atoms with Crippen molar-refractivity contribution in [1.29, 1.82) is 0 Å². The smallest absolute Gasteiger partial charge is 0.221 e. The molecule has 0 saturated carbocycles. The predicted octanol–water partition coefficient (Wildman–Crippen LogP) is 4.81. The maximum absolute atomic E-state index is 5.90. The monoisotopic (exact) mass is 448 g/mol. The fraction of sp³-hybridized carbons (Fsp3) is 0.400. The third-order valence-corrected chi connectivity index (χ3v) is 6.01. The van der Waals surface area contributed by atoms with Crippen LogP contribution in [0.15, 0.2) is 34.9 Å². The number of nitrogens with one attached hydrogen (secondary N) is 1. The number of hydrogen-bond acceptors (Lipinski definition) is 4. The molecule has 5 nitrogen and oxygen atoms in total. The van der Waals surface area contributed by atoms with Gasteiger partial charge >= 0.3 is 0 Å². The SMILES string of the molecule is COc1ncc2n[nH]c(C3CCN(CCCl)CC3)c2c1-c1ccc(Br)cc1. The first-order chi connectivity index (χ1) is 13.2. The molecule has 0 bridgehead atoms. The third kappa shape index (κ3) is 3.71. The maximum Gasteiger partial charge on any atom is 0.221 e. The summed E-state index contributed by atoms with van der Waals surface area (Å²) in [4.78, 5) is 6.91. The van der Waals surface area contributed by atoms with Gasteiger partial charge < -0.3 is 9.64 Å². The Morgan fingerprint density at radius 3 is 2.67 bits per heavy atom. The largest absolute Gasteiger partial charge is 0.481 e. The molecule has 27 heavy (non-hydrogen) atoms. The van der Waals surface area contributed by atoms with Crippen LogP contribution in [-0.2, 0) is 0 Å². The summed E-state index contributed by atoms with van der Waals surface area (Å²) in [5, 5.41) is 8.97. The van der Waals surface area contributed by atoms with Crippen molar-refractivity contribution < 1.29 is 4.74 Å². The number of benzene rings is 1. The van der Waals surface area contributed by atoms with E-state index in [9.17, 15) is 0 Å². The zero-order valence-corrected chi connectivity index (χ0v) is 17.6. The summed E-state index contributed by atoms with van der Waals surface area (Å²) >= 11 is 9.41. The topological polar surface area (TPSA) is 54.0 Å². The van der Waals surface area contributed by atoms with Gasteiger partial charge in [0, 0.05) is 33.9 Å². The molecule has 0 radical (unpaired) electrons. The predicted molar refractivity (Wildman–Crippen MR) is 113 cm³/mol. The van der Waals surface area contributed by atoms with Gasteiger partial charge in [-0.2, -0.15) is 5.10 Å². The summed E-state index contributed by atoms with van der Waals surface area (Å²) in [6.45, 7) is 3.08. The molecule has 4 rings (SSSR count). The van der Waals surface area contributed by atoms with Gasteiger partial charge in [0.05, 0.1) is 18.9 Å². The van der Waals surface area contributed by atoms with Crippen LogP contribution in [0, 0.1) is 0 Å². The molecule has 0 aliphatic carbocycles. The van der Waals surface area contributed by atoms with Crippen LogP contribution < -0.4 is 4.74 Å². The minimum absolute atomic E-state index is 0.447. The van der Waals surface area contributed by atoms with Gasteiger partial charge in [0.15, 0.2) is 0 Å². The number of aromatic amines is 1. The summed E-state index contributed by atoms with van der Waals surface area (Å²) in [7, 11) is 1.67. The number of pyridine rings is 1. The number of fused-ring (bicyclic) bond motifs is 1. The van der Waals surface area contributed by atoms with E-state index in [2.05, 4.69) is 48.1 Å². The Bertz CT molecular complexity index is 920. The van der Waals surface area contributed by atoms with Crippen molar-refractivity contribution in [2.45, 2.75) is 18.8 Å². The minimum Gasteiger partial charge on any atom is -0.481 e. The fourth-order valence-electron chi connectivity index (χ4n) is 3.92. The Kier molecular flexibility index (Phi) is 5.66. The highest BCUT2D eigenvalue weighted by Crippen LogP contribution is 2.40. The second kappa shape index (κ2) is 8.17. The van der Waals surface area contributed by atoms with Crippen LogP contribution in [0.25, 0.3) is 22.0 Å². The van der Waals surface area contributed by atoms with E-state index in [1.807, 2.05) is 12.1 Å². The molecular formula is C20H22BrClN4O. The summed E-state index contributed by atoms with van der Waals surface area (Å²) in [5.74, 6) is 1.77. The molecule has 142 valence electrons. The molecule has 1 N–H and O–H groups in total. The molecule has 1 aliphatic rings. The standard InChI is InChI=1S/C20H22BrClN4O/c1-27-20-17(13-2-4-15(21)5-3-13)18-16(12-23-20)24-25-19(18)14-6-9-26(10-7-14)11-8-22/h2-5,12,14H,6-11H2,1H3,(H,24,25). The zero-order chi connectivity index (χ0) is 18.8. The number of methoxy groups -OCH3 is 1. The third-order valence-electron chi connectivity index (χ3n) is 5.31. The van der Waals surface area contributed by atoms with Gasteiger partial charge in [0.25, 0.3) is 0 Å². The van der Waals surface area contributed by atoms with Gasteiger partial charge in [-0.15, -0.1) is 11.6 Å². The molecule has 1 aliphatic heterocycles. The molecule has 0 spiro atoms. The lowest BCUT2D eigenvalue weighted by molar-refractivity contribution is 0.222. The lowest BCUT2D eigenvalue weighted by Crippen LogP contribution is -2.34. The number of alkyl halides is 1. The van der Waals surface area contributed by atoms with Crippen LogP contribution in [0.1, 0.15) is 24.5 Å². The number of nitrogens with zero attached hydrogens (tertiary/aromatic N) is 3. The number of aromatic nitrogens is 3. The van der Waals surface area contributed by atoms with Gasteiger partial charge in [-0.05, 0) is 43.6 Å². The number of ether oxygens (including phenoxy) is 1.